The molecule has 144 valence electrons. The number of hydrogen-bond donors (Lipinski definition) is 2. The Balaban J connectivity index is 1.62. The molecule has 1 aromatic heterocycles. The van der Waals surface area contributed by atoms with Gasteiger partial charge in [0, 0.05) is 27.7 Å². The molecular weight excluding hydrogens is 384 g/mol. The second-order valence-corrected chi connectivity index (χ2v) is 8.46. The fraction of sp³-hybridized carbons (Fsp3) is 0.292. The number of rotatable bonds is 6. The number of thiol groups is 1. The number of fused-ring (bicyclic) bond motifs is 1. The molecule has 1 heterocycles. The number of aryl methyl sites for hydroxylation is 1. The highest BCUT2D eigenvalue weighted by atomic mass is 35.5. The molecule has 2 nitrogen and oxygen atoms in total. The highest BCUT2D eigenvalue weighted by Gasteiger charge is 2.19. The first-order valence-corrected chi connectivity index (χ1v) is 10.9. The lowest BCUT2D eigenvalue weighted by atomic mass is 10.0. The average Bonchev–Trinajstić information content (AvgIpc) is 3.18. The van der Waals surface area contributed by atoms with Crippen LogP contribution >= 0.6 is 24.2 Å². The van der Waals surface area contributed by atoms with Gasteiger partial charge in [-0.3, -0.25) is 4.98 Å². The Kier molecular flexibility index (Phi) is 5.93. The normalized spacial score (nSPS) is 14.0. The first kappa shape index (κ1) is 19.4. The van der Waals surface area contributed by atoms with E-state index in [1.807, 2.05) is 18.2 Å². The summed E-state index contributed by atoms with van der Waals surface area (Å²) < 4.78 is 0. The molecule has 1 N–H and O–H groups in total. The maximum atomic E-state index is 6.19. The second kappa shape index (κ2) is 8.59. The second-order valence-electron chi connectivity index (χ2n) is 7.66. The van der Waals surface area contributed by atoms with Crippen LogP contribution in [0.4, 0.5) is 11.4 Å². The molecule has 0 saturated carbocycles. The van der Waals surface area contributed by atoms with Gasteiger partial charge in [0.25, 0.3) is 0 Å². The Morgan fingerprint density at radius 2 is 1.93 bits per heavy atom. The number of nitrogens with zero attached hydrogens (tertiary/aromatic N) is 1. The third kappa shape index (κ3) is 4.37. The molecule has 0 fully saturated rings. The molecule has 3 aromatic rings. The van der Waals surface area contributed by atoms with Crippen LogP contribution in [0.3, 0.4) is 0 Å². The summed E-state index contributed by atoms with van der Waals surface area (Å²) in [6, 6.07) is 18.8. The van der Waals surface area contributed by atoms with Crippen LogP contribution in [-0.2, 0) is 19.3 Å². The molecule has 1 atom stereocenters. The molecule has 1 unspecified atom stereocenters. The molecule has 28 heavy (non-hydrogen) atoms. The van der Waals surface area contributed by atoms with Crippen LogP contribution in [0.1, 0.15) is 30.2 Å². The van der Waals surface area contributed by atoms with E-state index in [9.17, 15) is 0 Å². The first-order valence-electron chi connectivity index (χ1n) is 9.88. The number of aromatic nitrogens is 1. The van der Waals surface area contributed by atoms with Gasteiger partial charge in [-0.15, -0.1) is 0 Å². The van der Waals surface area contributed by atoms with Gasteiger partial charge in [-0.2, -0.15) is 12.6 Å². The van der Waals surface area contributed by atoms with E-state index in [4.69, 9.17) is 16.6 Å². The van der Waals surface area contributed by atoms with Crippen molar-refractivity contribution in [1.82, 2.24) is 4.98 Å². The van der Waals surface area contributed by atoms with Crippen LogP contribution in [-0.4, -0.2) is 10.7 Å². The lowest BCUT2D eigenvalue weighted by Crippen LogP contribution is -2.02. The zero-order valence-electron chi connectivity index (χ0n) is 16.1. The van der Waals surface area contributed by atoms with Gasteiger partial charge in [0.2, 0.25) is 0 Å². The van der Waals surface area contributed by atoms with E-state index in [1.54, 1.807) is 0 Å². The lowest BCUT2D eigenvalue weighted by molar-refractivity contribution is 0.660. The molecule has 1 aliphatic rings. The van der Waals surface area contributed by atoms with Gasteiger partial charge in [0.1, 0.15) is 0 Å². The van der Waals surface area contributed by atoms with Crippen molar-refractivity contribution in [2.45, 2.75) is 32.6 Å². The van der Waals surface area contributed by atoms with Crippen molar-refractivity contribution in [2.24, 2.45) is 5.92 Å². The topological polar surface area (TPSA) is 24.9 Å². The highest BCUT2D eigenvalue weighted by Crippen LogP contribution is 2.34. The lowest BCUT2D eigenvalue weighted by Gasteiger charge is -2.15. The summed E-state index contributed by atoms with van der Waals surface area (Å²) in [6.07, 6.45) is 4.35. The molecule has 0 aliphatic heterocycles. The predicted molar refractivity (Wildman–Crippen MR) is 123 cm³/mol. The quantitative estimate of drug-likeness (QED) is 0.441. The molecule has 1 aliphatic carbocycles. The van der Waals surface area contributed by atoms with E-state index in [0.29, 0.717) is 5.92 Å². The van der Waals surface area contributed by atoms with Gasteiger partial charge in [-0.1, -0.05) is 42.8 Å². The Labute approximate surface area is 177 Å². The van der Waals surface area contributed by atoms with Crippen molar-refractivity contribution in [2.75, 3.05) is 11.1 Å². The summed E-state index contributed by atoms with van der Waals surface area (Å²) in [4.78, 5) is 4.92. The Bertz CT molecular complexity index is 969. The summed E-state index contributed by atoms with van der Waals surface area (Å²) in [7, 11) is 0. The van der Waals surface area contributed by atoms with Crippen LogP contribution in [0.2, 0.25) is 5.02 Å². The molecule has 2 aromatic carbocycles. The summed E-state index contributed by atoms with van der Waals surface area (Å²) in [5.74, 6) is 1.50. The smallest absolute Gasteiger partial charge is 0.0726 e. The van der Waals surface area contributed by atoms with Crippen LogP contribution in [0, 0.1) is 5.92 Å². The van der Waals surface area contributed by atoms with Crippen molar-refractivity contribution >= 4 is 35.6 Å². The summed E-state index contributed by atoms with van der Waals surface area (Å²) in [5.41, 5.74) is 8.21. The number of anilines is 2. The van der Waals surface area contributed by atoms with Gasteiger partial charge in [-0.05, 0) is 78.8 Å². The number of pyridine rings is 1. The van der Waals surface area contributed by atoms with E-state index >= 15 is 0 Å². The van der Waals surface area contributed by atoms with E-state index in [0.717, 1.165) is 59.1 Å². The summed E-state index contributed by atoms with van der Waals surface area (Å²) in [5, 5.41) is 4.37. The Morgan fingerprint density at radius 1 is 1.11 bits per heavy atom. The zero-order valence-corrected chi connectivity index (χ0v) is 17.7. The number of hydrogen-bond acceptors (Lipinski definition) is 3. The largest absolute Gasteiger partial charge is 0.355 e. The van der Waals surface area contributed by atoms with Gasteiger partial charge in [0.05, 0.1) is 5.69 Å². The zero-order chi connectivity index (χ0) is 19.5. The van der Waals surface area contributed by atoms with Crippen molar-refractivity contribution in [3.63, 3.8) is 0 Å². The summed E-state index contributed by atoms with van der Waals surface area (Å²) in [6.45, 7) is 2.23. The van der Waals surface area contributed by atoms with Crippen LogP contribution < -0.4 is 5.32 Å². The maximum Gasteiger partial charge on any atom is 0.0726 e. The van der Waals surface area contributed by atoms with E-state index < -0.39 is 0 Å². The van der Waals surface area contributed by atoms with Gasteiger partial charge in [-0.25, -0.2) is 0 Å². The van der Waals surface area contributed by atoms with Gasteiger partial charge >= 0.3 is 0 Å². The molecular formula is C24H25ClN2S. The minimum Gasteiger partial charge on any atom is -0.355 e. The van der Waals surface area contributed by atoms with Crippen molar-refractivity contribution < 1.29 is 0 Å². The SMILES string of the molecule is CC(CS)Cc1ccc(Nc2cc(-c3cccc(Cl)c3)nc3c2CCC3)cc1. The van der Waals surface area contributed by atoms with E-state index in [2.05, 4.69) is 61.3 Å². The molecule has 4 rings (SSSR count). The Hall–Kier alpha value is -1.97. The minimum atomic E-state index is 0.589. The predicted octanol–water partition coefficient (Wildman–Crippen LogP) is 6.74. The molecule has 0 radical (unpaired) electrons. The third-order valence-electron chi connectivity index (χ3n) is 5.30. The Morgan fingerprint density at radius 3 is 2.68 bits per heavy atom. The van der Waals surface area contributed by atoms with Crippen LogP contribution in [0.15, 0.2) is 54.6 Å². The number of halogens is 1. The number of benzene rings is 2. The van der Waals surface area contributed by atoms with Crippen LogP contribution in [0.5, 0.6) is 0 Å². The van der Waals surface area contributed by atoms with Crippen molar-refractivity contribution in [3.8, 4) is 11.3 Å². The molecule has 0 amide bonds. The molecule has 0 saturated heterocycles. The number of nitrogens with one attached hydrogen (secondary N) is 1. The highest BCUT2D eigenvalue weighted by molar-refractivity contribution is 7.80. The average molecular weight is 409 g/mol. The van der Waals surface area contributed by atoms with Crippen molar-refractivity contribution in [3.05, 3.63) is 76.4 Å². The van der Waals surface area contributed by atoms with Gasteiger partial charge in [0.15, 0.2) is 0 Å². The maximum absolute atomic E-state index is 6.19. The van der Waals surface area contributed by atoms with Crippen LogP contribution in [0.25, 0.3) is 11.3 Å². The minimum absolute atomic E-state index is 0.589. The molecule has 0 bridgehead atoms. The standard InChI is InChI=1S/C24H25ClN2S/c1-16(15-28)12-17-8-10-20(11-9-17)26-24-14-23(18-4-2-5-19(25)13-18)27-22-7-3-6-21(22)24/h2,4-5,8-11,13-14,16,28H,3,6-7,12,15H2,1H3,(H,26,27). The van der Waals surface area contributed by atoms with E-state index in [-0.39, 0.29) is 0 Å². The van der Waals surface area contributed by atoms with Crippen molar-refractivity contribution in [1.29, 1.82) is 0 Å². The van der Waals surface area contributed by atoms with Gasteiger partial charge < -0.3 is 5.32 Å². The first-order chi connectivity index (χ1) is 13.6. The van der Waals surface area contributed by atoms with E-state index in [1.165, 1.54) is 16.8 Å². The molecule has 4 heteroatoms. The summed E-state index contributed by atoms with van der Waals surface area (Å²) >= 11 is 10.6. The monoisotopic (exact) mass is 408 g/mol. The fourth-order valence-electron chi connectivity index (χ4n) is 3.80. The fourth-order valence-corrected chi connectivity index (χ4v) is 4.12. The molecule has 0 spiro atoms. The third-order valence-corrected chi connectivity index (χ3v) is 6.16.